The number of rotatable bonds is 3. The fraction of sp³-hybridized carbons (Fsp3) is 0.250. The average molecular weight is 311 g/mol. The topological polar surface area (TPSA) is 80.4 Å². The molecule has 0 fully saturated rings. The maximum Gasteiger partial charge on any atom is 0.569 e. The molecule has 0 aliphatic rings. The number of hydrogen-bond acceptors (Lipinski definition) is 3. The number of carbonyl (C=O) groups is 1. The summed E-state index contributed by atoms with van der Waals surface area (Å²) in [5, 5.41) is 17.1. The predicted octanol–water partition coefficient (Wildman–Crippen LogP) is 1.09. The Labute approximate surface area is 89.0 Å². The molecule has 0 spiro atoms. The molecule has 0 saturated heterocycles. The Morgan fingerprint density at radius 2 is 1.71 bits per heavy atom. The van der Waals surface area contributed by atoms with E-state index in [9.17, 15) is 32.5 Å². The third kappa shape index (κ3) is 3.09. The van der Waals surface area contributed by atoms with Gasteiger partial charge in [-0.1, -0.05) is 0 Å². The van der Waals surface area contributed by atoms with Crippen LogP contribution in [0.15, 0.2) is 11.7 Å². The number of carboxylic acid groups (broad SMARTS) is 1. The van der Waals surface area contributed by atoms with Crippen molar-refractivity contribution in [3.63, 3.8) is 0 Å². The molecule has 0 amide bonds. The Morgan fingerprint density at radius 1 is 1.36 bits per heavy atom. The largest absolute Gasteiger partial charge is 0.569 e. The van der Waals surface area contributed by atoms with E-state index in [2.05, 4.69) is 0 Å². The van der Waals surface area contributed by atoms with Gasteiger partial charge in [-0.05, 0) is 0 Å². The van der Waals surface area contributed by atoms with Gasteiger partial charge in [-0.25, -0.2) is 4.79 Å². The minimum atomic E-state index is -5.36. The van der Waals surface area contributed by atoms with Gasteiger partial charge >= 0.3 is 12.0 Å². The third-order valence-electron chi connectivity index (χ3n) is 0.874. The molecular weight excluding hydrogens is 310 g/mol. The second-order valence-electron chi connectivity index (χ2n) is 1.73. The summed E-state index contributed by atoms with van der Waals surface area (Å²) in [4.78, 5) is 16.6. The minimum Gasteiger partial charge on any atom is -0.476 e. The van der Waals surface area contributed by atoms with Crippen molar-refractivity contribution in [1.82, 2.24) is 0 Å². The van der Waals surface area contributed by atoms with Crippen LogP contribution >= 0.6 is 0 Å². The van der Waals surface area contributed by atoms with Crippen molar-refractivity contribution in [3.05, 3.63) is 21.8 Å². The number of alkyl halides is 2. The Morgan fingerprint density at radius 3 is 1.93 bits per heavy atom. The normalized spacial score (nSPS) is 12.6. The van der Waals surface area contributed by atoms with Gasteiger partial charge in [0.2, 0.25) is 0 Å². The fourth-order valence-corrected chi connectivity index (χ4v) is 0.306. The van der Waals surface area contributed by atoms with Crippen LogP contribution in [0.25, 0.3) is 0 Å². The number of aliphatic carboxylic acids is 1. The van der Waals surface area contributed by atoms with Gasteiger partial charge in [0.25, 0.3) is 11.7 Å². The first-order valence-electron chi connectivity index (χ1n) is 2.52. The fourth-order valence-electron chi connectivity index (χ4n) is 0.306. The van der Waals surface area contributed by atoms with E-state index in [4.69, 9.17) is 5.11 Å². The summed E-state index contributed by atoms with van der Waals surface area (Å²) in [7, 11) is 0. The molecule has 0 aliphatic heterocycles. The van der Waals surface area contributed by atoms with E-state index in [1.54, 1.807) is 0 Å². The standard InChI is InChI=1S/C4HF4NO4.Ag/c5-1(3(10)11)2(6)4(7,8)9(12)13;/h(H,10,11);/b2-1+;. The molecular formula is C4HAgF4NO4. The van der Waals surface area contributed by atoms with Crippen LogP contribution in [0.4, 0.5) is 17.6 Å². The van der Waals surface area contributed by atoms with Crippen LogP contribution < -0.4 is 0 Å². The van der Waals surface area contributed by atoms with E-state index < -0.39 is 28.6 Å². The van der Waals surface area contributed by atoms with E-state index in [0.29, 0.717) is 0 Å². The molecule has 1 N–H and O–H groups in total. The molecule has 0 atom stereocenters. The Balaban J connectivity index is 0. The van der Waals surface area contributed by atoms with Gasteiger partial charge in [0.05, 0.1) is 0 Å². The number of hydrogen-bond donors (Lipinski definition) is 1. The molecule has 0 saturated carbocycles. The summed E-state index contributed by atoms with van der Waals surface area (Å²) in [5.74, 6) is -8.76. The van der Waals surface area contributed by atoms with Crippen LogP contribution in [0.2, 0.25) is 0 Å². The number of nitro groups is 1. The second kappa shape index (κ2) is 5.08. The van der Waals surface area contributed by atoms with Gasteiger partial charge in [-0.15, -0.1) is 8.78 Å². The van der Waals surface area contributed by atoms with Crippen molar-refractivity contribution in [2.24, 2.45) is 0 Å². The number of halogens is 4. The van der Waals surface area contributed by atoms with Crippen molar-refractivity contribution < 1.29 is 54.8 Å². The van der Waals surface area contributed by atoms with Gasteiger partial charge in [0.15, 0.2) is 0 Å². The Hall–Kier alpha value is -0.930. The number of carboxylic acids is 1. The SMILES string of the molecule is O=C(O)/C(F)=C(\F)C(F)(F)[N+](=O)[O-].[Ag]. The van der Waals surface area contributed by atoms with E-state index >= 15 is 0 Å². The molecule has 0 bridgehead atoms. The molecule has 0 heterocycles. The van der Waals surface area contributed by atoms with Gasteiger partial charge in [0.1, 0.15) is 4.92 Å². The molecule has 0 aromatic rings. The number of nitrogens with zero attached hydrogens (tertiary/aromatic N) is 1. The first-order valence-corrected chi connectivity index (χ1v) is 2.52. The van der Waals surface area contributed by atoms with Crippen LogP contribution in [-0.2, 0) is 27.2 Å². The summed E-state index contributed by atoms with van der Waals surface area (Å²) in [5.41, 5.74) is 0. The summed E-state index contributed by atoms with van der Waals surface area (Å²) in [6, 6.07) is -5.36. The molecule has 0 rings (SSSR count). The summed E-state index contributed by atoms with van der Waals surface area (Å²) >= 11 is 0. The van der Waals surface area contributed by atoms with Crippen LogP contribution in [0.5, 0.6) is 0 Å². The average Bonchev–Trinajstić information content (AvgIpc) is 2.01. The van der Waals surface area contributed by atoms with E-state index in [0.717, 1.165) is 0 Å². The van der Waals surface area contributed by atoms with Gasteiger partial charge in [0, 0.05) is 22.4 Å². The molecule has 14 heavy (non-hydrogen) atoms. The molecule has 0 unspecified atom stereocenters. The summed E-state index contributed by atoms with van der Waals surface area (Å²) in [6.07, 6.45) is 0. The maximum atomic E-state index is 12.0. The molecule has 0 aliphatic carbocycles. The molecule has 85 valence electrons. The van der Waals surface area contributed by atoms with Crippen molar-refractivity contribution in [2.75, 3.05) is 0 Å². The van der Waals surface area contributed by atoms with Crippen LogP contribution in [0.3, 0.4) is 0 Å². The van der Waals surface area contributed by atoms with E-state index in [1.165, 1.54) is 0 Å². The molecule has 10 heteroatoms. The molecule has 0 aromatic heterocycles. The van der Waals surface area contributed by atoms with Gasteiger partial charge in [-0.3, -0.25) is 10.1 Å². The first-order chi connectivity index (χ1) is 5.71. The monoisotopic (exact) mass is 310 g/mol. The smallest absolute Gasteiger partial charge is 0.476 e. The molecule has 1 radical (unpaired) electrons. The second-order valence-corrected chi connectivity index (χ2v) is 1.73. The third-order valence-corrected chi connectivity index (χ3v) is 0.874. The zero-order valence-electron chi connectivity index (χ0n) is 5.93. The first kappa shape index (κ1) is 15.5. The minimum absolute atomic E-state index is 0. The van der Waals surface area contributed by atoms with Crippen LogP contribution in [0, 0.1) is 10.1 Å². The predicted molar refractivity (Wildman–Crippen MR) is 28.8 cm³/mol. The molecule has 0 aromatic carbocycles. The van der Waals surface area contributed by atoms with Gasteiger partial charge < -0.3 is 5.11 Å². The quantitative estimate of drug-likeness (QED) is 0.211. The Kier molecular flexibility index (Phi) is 5.63. The van der Waals surface area contributed by atoms with E-state index in [1.807, 2.05) is 0 Å². The van der Waals surface area contributed by atoms with Crippen molar-refractivity contribution in [2.45, 2.75) is 6.05 Å². The summed E-state index contributed by atoms with van der Waals surface area (Å²) < 4.78 is 47.7. The van der Waals surface area contributed by atoms with Crippen molar-refractivity contribution >= 4 is 5.97 Å². The Bertz CT molecular complexity index is 291. The van der Waals surface area contributed by atoms with Crippen LogP contribution in [0.1, 0.15) is 0 Å². The van der Waals surface area contributed by atoms with E-state index in [-0.39, 0.29) is 22.4 Å². The van der Waals surface area contributed by atoms with Gasteiger partial charge in [-0.2, -0.15) is 8.78 Å². The zero-order valence-corrected chi connectivity index (χ0v) is 7.41. The summed E-state index contributed by atoms with van der Waals surface area (Å²) in [6.45, 7) is 0. The van der Waals surface area contributed by atoms with Crippen LogP contribution in [-0.4, -0.2) is 22.0 Å². The van der Waals surface area contributed by atoms with Crippen molar-refractivity contribution in [3.8, 4) is 0 Å². The molecule has 5 nitrogen and oxygen atoms in total. The maximum absolute atomic E-state index is 12.0. The zero-order chi connectivity index (χ0) is 10.8. The van der Waals surface area contributed by atoms with Crippen molar-refractivity contribution in [1.29, 1.82) is 0 Å².